The number of nitrogens with zero attached hydrogens (tertiary/aromatic N) is 4. The molecule has 16 heavy (non-hydrogen) atoms. The quantitative estimate of drug-likeness (QED) is 0.126. The van der Waals surface area contributed by atoms with Gasteiger partial charge in [0.25, 0.3) is 0 Å². The molecule has 0 aliphatic carbocycles. The number of nitriles is 1. The Morgan fingerprint density at radius 1 is 1.75 bits per heavy atom. The summed E-state index contributed by atoms with van der Waals surface area (Å²) >= 11 is 0. The van der Waals surface area contributed by atoms with Crippen LogP contribution < -0.4 is 5.32 Å². The third-order valence-electron chi connectivity index (χ3n) is 1.51. The summed E-state index contributed by atoms with van der Waals surface area (Å²) in [7, 11) is 1.11. The van der Waals surface area contributed by atoms with Gasteiger partial charge in [0, 0.05) is 18.1 Å². The number of hydrogen-bond acceptors (Lipinski definition) is 6. The Bertz CT molecular complexity index is 364. The first-order valence-corrected chi connectivity index (χ1v) is 4.33. The van der Waals surface area contributed by atoms with Crippen LogP contribution in [0.3, 0.4) is 0 Å². The Hall–Kier alpha value is -2.23. The zero-order chi connectivity index (χ0) is 12.4. The predicted molar refractivity (Wildman–Crippen MR) is 53.5 cm³/mol. The third kappa shape index (κ3) is 4.32. The Kier molecular flexibility index (Phi) is 6.98. The van der Waals surface area contributed by atoms with Gasteiger partial charge in [-0.25, -0.2) is 4.79 Å². The maximum absolute atomic E-state index is 11.1. The lowest BCUT2D eigenvalue weighted by atomic mass is 10.3. The van der Waals surface area contributed by atoms with Crippen molar-refractivity contribution in [2.24, 2.45) is 5.11 Å². The number of azide groups is 1. The maximum Gasteiger partial charge on any atom is 0.350 e. The Labute approximate surface area is 91.7 Å². The normalized spacial score (nSPS) is 10.6. The van der Waals surface area contributed by atoms with Crippen LogP contribution in [-0.4, -0.2) is 31.3 Å². The molecule has 0 saturated heterocycles. The molecular weight excluding hydrogens is 214 g/mol. The molecule has 0 aromatic heterocycles. The van der Waals surface area contributed by atoms with Crippen LogP contribution in [0.1, 0.15) is 6.42 Å². The standard InChI is InChI=1S/C8H11N5O3/c1-16-8(15)6(5-9)7(12-13-10)11-3-2-4-14/h11,14H,2-4H2,1H3/b7-6+. The molecule has 8 nitrogen and oxygen atoms in total. The summed E-state index contributed by atoms with van der Waals surface area (Å²) in [6.45, 7) is 0.212. The van der Waals surface area contributed by atoms with E-state index in [1.54, 1.807) is 6.07 Å². The molecule has 0 aliphatic rings. The predicted octanol–water partition coefficient (Wildman–Crippen LogP) is 0.177. The van der Waals surface area contributed by atoms with Crippen molar-refractivity contribution in [2.75, 3.05) is 20.3 Å². The van der Waals surface area contributed by atoms with Gasteiger partial charge in [-0.05, 0) is 17.1 Å². The zero-order valence-corrected chi connectivity index (χ0v) is 8.67. The fourth-order valence-corrected chi connectivity index (χ4v) is 0.802. The fourth-order valence-electron chi connectivity index (χ4n) is 0.802. The number of ether oxygens (including phenoxy) is 1. The van der Waals surface area contributed by atoms with Crippen molar-refractivity contribution >= 4 is 5.97 Å². The SMILES string of the molecule is COC(=O)/C(C#N)=C(/N=[N+]=[N-])NCCCO. The van der Waals surface area contributed by atoms with Crippen LogP contribution in [0.2, 0.25) is 0 Å². The van der Waals surface area contributed by atoms with Gasteiger partial charge in [-0.2, -0.15) is 5.26 Å². The van der Waals surface area contributed by atoms with Crippen LogP contribution in [0.25, 0.3) is 10.4 Å². The second-order valence-electron chi connectivity index (χ2n) is 2.52. The Morgan fingerprint density at radius 3 is 2.88 bits per heavy atom. The number of carbonyl (C=O) groups is 1. The minimum absolute atomic E-state index is 0.0589. The molecule has 0 spiro atoms. The lowest BCUT2D eigenvalue weighted by Gasteiger charge is -2.06. The highest BCUT2D eigenvalue weighted by atomic mass is 16.5. The van der Waals surface area contributed by atoms with Crippen molar-refractivity contribution in [1.82, 2.24) is 5.32 Å². The minimum Gasteiger partial charge on any atom is -0.465 e. The topological polar surface area (TPSA) is 131 Å². The van der Waals surface area contributed by atoms with E-state index in [-0.39, 0.29) is 19.0 Å². The van der Waals surface area contributed by atoms with Gasteiger partial charge in [0.1, 0.15) is 11.9 Å². The summed E-state index contributed by atoms with van der Waals surface area (Å²) in [6, 6.07) is 1.58. The van der Waals surface area contributed by atoms with Crippen LogP contribution in [0.4, 0.5) is 0 Å². The summed E-state index contributed by atoms with van der Waals surface area (Å²) in [5.41, 5.74) is 7.86. The van der Waals surface area contributed by atoms with E-state index in [0.717, 1.165) is 7.11 Å². The molecule has 0 rings (SSSR count). The van der Waals surface area contributed by atoms with Gasteiger partial charge in [0.15, 0.2) is 5.57 Å². The number of aliphatic hydroxyl groups excluding tert-OH is 1. The van der Waals surface area contributed by atoms with Crippen molar-refractivity contribution in [3.8, 4) is 6.07 Å². The maximum atomic E-state index is 11.1. The monoisotopic (exact) mass is 225 g/mol. The van der Waals surface area contributed by atoms with Crippen LogP contribution in [0.15, 0.2) is 16.5 Å². The Balaban J connectivity index is 4.95. The van der Waals surface area contributed by atoms with Crippen LogP contribution in [0, 0.1) is 11.3 Å². The third-order valence-corrected chi connectivity index (χ3v) is 1.51. The summed E-state index contributed by atoms with van der Waals surface area (Å²) in [6.07, 6.45) is 0.393. The van der Waals surface area contributed by atoms with Crippen LogP contribution in [-0.2, 0) is 9.53 Å². The number of rotatable bonds is 6. The van der Waals surface area contributed by atoms with Gasteiger partial charge in [-0.1, -0.05) is 0 Å². The second kappa shape index (κ2) is 8.11. The van der Waals surface area contributed by atoms with Gasteiger partial charge in [0.05, 0.1) is 7.11 Å². The molecule has 2 N–H and O–H groups in total. The average molecular weight is 225 g/mol. The lowest BCUT2D eigenvalue weighted by Crippen LogP contribution is -2.19. The van der Waals surface area contributed by atoms with E-state index in [2.05, 4.69) is 20.1 Å². The van der Waals surface area contributed by atoms with E-state index in [4.69, 9.17) is 15.9 Å². The fraction of sp³-hybridized carbons (Fsp3) is 0.500. The smallest absolute Gasteiger partial charge is 0.350 e. The van der Waals surface area contributed by atoms with E-state index >= 15 is 0 Å². The highest BCUT2D eigenvalue weighted by Crippen LogP contribution is 2.05. The molecule has 0 radical (unpaired) electrons. The van der Waals surface area contributed by atoms with Gasteiger partial charge >= 0.3 is 5.97 Å². The number of esters is 1. The molecule has 0 aliphatic heterocycles. The van der Waals surface area contributed by atoms with Crippen molar-refractivity contribution < 1.29 is 14.6 Å². The van der Waals surface area contributed by atoms with Crippen molar-refractivity contribution in [3.63, 3.8) is 0 Å². The van der Waals surface area contributed by atoms with E-state index in [1.165, 1.54) is 0 Å². The van der Waals surface area contributed by atoms with Crippen LogP contribution in [0.5, 0.6) is 0 Å². The van der Waals surface area contributed by atoms with Crippen molar-refractivity contribution in [1.29, 1.82) is 5.26 Å². The highest BCUT2D eigenvalue weighted by Gasteiger charge is 2.14. The van der Waals surface area contributed by atoms with Gasteiger partial charge in [0.2, 0.25) is 0 Å². The second-order valence-corrected chi connectivity index (χ2v) is 2.52. The van der Waals surface area contributed by atoms with Gasteiger partial charge < -0.3 is 15.2 Å². The number of methoxy groups -OCH3 is 1. The van der Waals surface area contributed by atoms with E-state index in [1.807, 2.05) is 0 Å². The molecule has 0 unspecified atom stereocenters. The van der Waals surface area contributed by atoms with E-state index in [9.17, 15) is 4.79 Å². The van der Waals surface area contributed by atoms with Crippen LogP contribution >= 0.6 is 0 Å². The molecule has 0 saturated carbocycles. The van der Waals surface area contributed by atoms with Gasteiger partial charge in [-0.3, -0.25) is 0 Å². The zero-order valence-electron chi connectivity index (χ0n) is 8.67. The van der Waals surface area contributed by atoms with E-state index in [0.29, 0.717) is 6.42 Å². The molecule has 0 atom stereocenters. The first-order chi connectivity index (χ1) is 7.71. The minimum atomic E-state index is -0.888. The Morgan fingerprint density at radius 2 is 2.44 bits per heavy atom. The molecule has 0 fully saturated rings. The summed E-state index contributed by atoms with van der Waals surface area (Å²) in [5.74, 6) is -1.09. The molecule has 8 heteroatoms. The number of nitrogens with one attached hydrogen (secondary N) is 1. The summed E-state index contributed by atoms with van der Waals surface area (Å²) in [4.78, 5) is 13.6. The van der Waals surface area contributed by atoms with Crippen molar-refractivity contribution in [2.45, 2.75) is 6.42 Å². The first kappa shape index (κ1) is 13.8. The molecule has 0 amide bonds. The largest absolute Gasteiger partial charge is 0.465 e. The summed E-state index contributed by atoms with van der Waals surface area (Å²) < 4.78 is 4.34. The molecule has 0 bridgehead atoms. The average Bonchev–Trinajstić information content (AvgIpc) is 2.30. The number of carbonyl (C=O) groups excluding carboxylic acids is 1. The highest BCUT2D eigenvalue weighted by molar-refractivity contribution is 5.93. The molecule has 86 valence electrons. The first-order valence-electron chi connectivity index (χ1n) is 4.33. The summed E-state index contributed by atoms with van der Waals surface area (Å²) in [5, 5.41) is 23.0. The molecule has 0 aromatic carbocycles. The number of aliphatic hydroxyl groups is 1. The van der Waals surface area contributed by atoms with Gasteiger partial charge in [-0.15, -0.1) is 0 Å². The van der Waals surface area contributed by atoms with E-state index < -0.39 is 11.5 Å². The van der Waals surface area contributed by atoms with Crippen molar-refractivity contribution in [3.05, 3.63) is 21.8 Å². The molecule has 0 aromatic rings. The molecular formula is C8H11N5O3. The lowest BCUT2D eigenvalue weighted by molar-refractivity contribution is -0.135. The molecule has 0 heterocycles. The number of hydrogen-bond donors (Lipinski definition) is 2.